The van der Waals surface area contributed by atoms with E-state index < -0.39 is 0 Å². The van der Waals surface area contributed by atoms with Crippen LogP contribution in [0, 0.1) is 5.92 Å². The maximum atomic E-state index is 11.7. The lowest BCUT2D eigenvalue weighted by molar-refractivity contribution is -0.144. The summed E-state index contributed by atoms with van der Waals surface area (Å²) in [5.41, 5.74) is 3.67. The van der Waals surface area contributed by atoms with Gasteiger partial charge in [-0.2, -0.15) is 0 Å². The maximum absolute atomic E-state index is 11.7. The summed E-state index contributed by atoms with van der Waals surface area (Å²) in [5.74, 6) is 0.362. The molecule has 0 amide bonds. The molecule has 0 spiro atoms. The van der Waals surface area contributed by atoms with Crippen molar-refractivity contribution < 1.29 is 9.53 Å². The number of esters is 1. The van der Waals surface area contributed by atoms with E-state index >= 15 is 0 Å². The van der Waals surface area contributed by atoms with Crippen molar-refractivity contribution in [1.82, 2.24) is 0 Å². The fraction of sp³-hybridized carbons (Fsp3) is 0.278. The van der Waals surface area contributed by atoms with Crippen LogP contribution in [0.2, 0.25) is 0 Å². The Balaban J connectivity index is 1.71. The minimum absolute atomic E-state index is 0.0513. The lowest BCUT2D eigenvalue weighted by Crippen LogP contribution is -2.07. The minimum atomic E-state index is -0.0513. The SMILES string of the molecule is CCOC(=O)[C@H]1C[C@@H]1c1ccc(-c2ccccc2)cc1. The lowest BCUT2D eigenvalue weighted by atomic mass is 10.0. The van der Waals surface area contributed by atoms with Crippen molar-refractivity contribution >= 4 is 5.97 Å². The maximum Gasteiger partial charge on any atom is 0.309 e. The van der Waals surface area contributed by atoms with Crippen LogP contribution in [0.25, 0.3) is 11.1 Å². The highest BCUT2D eigenvalue weighted by Crippen LogP contribution is 2.48. The van der Waals surface area contributed by atoms with Crippen LogP contribution in [0.1, 0.15) is 24.8 Å². The quantitative estimate of drug-likeness (QED) is 0.781. The van der Waals surface area contributed by atoms with Crippen molar-refractivity contribution in [3.8, 4) is 11.1 Å². The zero-order chi connectivity index (χ0) is 13.9. The molecule has 2 nitrogen and oxygen atoms in total. The first kappa shape index (κ1) is 12.9. The molecule has 1 aliphatic rings. The highest BCUT2D eigenvalue weighted by Gasteiger charge is 2.44. The first-order valence-electron chi connectivity index (χ1n) is 7.11. The summed E-state index contributed by atoms with van der Waals surface area (Å²) in [4.78, 5) is 11.7. The Morgan fingerprint density at radius 1 is 1.05 bits per heavy atom. The first-order valence-corrected chi connectivity index (χ1v) is 7.11. The third kappa shape index (κ3) is 2.60. The van der Waals surface area contributed by atoms with Gasteiger partial charge in [0.05, 0.1) is 12.5 Å². The summed E-state index contributed by atoms with van der Waals surface area (Å²) in [6.07, 6.45) is 0.920. The van der Waals surface area contributed by atoms with Crippen molar-refractivity contribution in [3.63, 3.8) is 0 Å². The molecular formula is C18H18O2. The number of rotatable bonds is 4. The van der Waals surface area contributed by atoms with Gasteiger partial charge in [0.1, 0.15) is 0 Å². The molecule has 2 heteroatoms. The van der Waals surface area contributed by atoms with E-state index in [1.54, 1.807) is 0 Å². The third-order valence-electron chi connectivity index (χ3n) is 3.83. The van der Waals surface area contributed by atoms with Crippen LogP contribution in [0.5, 0.6) is 0 Å². The Bertz CT molecular complexity index is 587. The summed E-state index contributed by atoms with van der Waals surface area (Å²) in [6, 6.07) is 18.8. The van der Waals surface area contributed by atoms with Crippen molar-refractivity contribution in [2.45, 2.75) is 19.3 Å². The van der Waals surface area contributed by atoms with Gasteiger partial charge >= 0.3 is 5.97 Å². The molecular weight excluding hydrogens is 248 g/mol. The standard InChI is InChI=1S/C18H18O2/c1-2-20-18(19)17-12-16(17)15-10-8-14(9-11-15)13-6-4-3-5-7-13/h3-11,16-17H,2,12H2,1H3/t16-,17+/m1/s1. The lowest BCUT2D eigenvalue weighted by Gasteiger charge is -2.04. The van der Waals surface area contributed by atoms with Gasteiger partial charge in [0.2, 0.25) is 0 Å². The highest BCUT2D eigenvalue weighted by molar-refractivity contribution is 5.77. The molecule has 2 aromatic rings. The number of hydrogen-bond acceptors (Lipinski definition) is 2. The van der Waals surface area contributed by atoms with Crippen molar-refractivity contribution in [1.29, 1.82) is 0 Å². The average Bonchev–Trinajstić information content (AvgIpc) is 3.29. The third-order valence-corrected chi connectivity index (χ3v) is 3.83. The predicted octanol–water partition coefficient (Wildman–Crippen LogP) is 4.02. The van der Waals surface area contributed by atoms with E-state index in [0.717, 1.165) is 6.42 Å². The Labute approximate surface area is 119 Å². The van der Waals surface area contributed by atoms with Gasteiger partial charge in [-0.05, 0) is 36.0 Å². The summed E-state index contributed by atoms with van der Waals surface area (Å²) in [6.45, 7) is 2.32. The fourth-order valence-electron chi connectivity index (χ4n) is 2.63. The van der Waals surface area contributed by atoms with Gasteiger partial charge in [0.15, 0.2) is 0 Å². The molecule has 0 aliphatic heterocycles. The van der Waals surface area contributed by atoms with Crippen LogP contribution >= 0.6 is 0 Å². The van der Waals surface area contributed by atoms with Gasteiger partial charge in [-0.25, -0.2) is 0 Å². The van der Waals surface area contributed by atoms with Crippen LogP contribution < -0.4 is 0 Å². The molecule has 20 heavy (non-hydrogen) atoms. The van der Waals surface area contributed by atoms with Gasteiger partial charge in [0.25, 0.3) is 0 Å². The monoisotopic (exact) mass is 266 g/mol. The molecule has 0 N–H and O–H groups in total. The molecule has 0 heterocycles. The van der Waals surface area contributed by atoms with Crippen molar-refractivity contribution in [2.75, 3.05) is 6.61 Å². The minimum Gasteiger partial charge on any atom is -0.466 e. The second-order valence-corrected chi connectivity index (χ2v) is 5.19. The zero-order valence-electron chi connectivity index (χ0n) is 11.6. The summed E-state index contributed by atoms with van der Waals surface area (Å²) in [7, 11) is 0. The zero-order valence-corrected chi connectivity index (χ0v) is 11.6. The second kappa shape index (κ2) is 5.49. The van der Waals surface area contributed by atoms with Gasteiger partial charge < -0.3 is 4.74 Å². The Kier molecular flexibility index (Phi) is 3.55. The van der Waals surface area contributed by atoms with Crippen LogP contribution in [0.3, 0.4) is 0 Å². The Morgan fingerprint density at radius 3 is 2.35 bits per heavy atom. The molecule has 1 fully saturated rings. The van der Waals surface area contributed by atoms with E-state index in [0.29, 0.717) is 12.5 Å². The molecule has 0 bridgehead atoms. The van der Waals surface area contributed by atoms with Gasteiger partial charge in [-0.1, -0.05) is 54.6 Å². The normalized spacial score (nSPS) is 20.4. The molecule has 0 unspecified atom stereocenters. The number of hydrogen-bond donors (Lipinski definition) is 0. The largest absolute Gasteiger partial charge is 0.466 e. The number of ether oxygens (including phenoxy) is 1. The van der Waals surface area contributed by atoms with E-state index in [1.165, 1.54) is 16.7 Å². The molecule has 2 atom stereocenters. The summed E-state index contributed by atoms with van der Waals surface area (Å²) < 4.78 is 5.07. The van der Waals surface area contributed by atoms with Crippen LogP contribution in [0.15, 0.2) is 54.6 Å². The van der Waals surface area contributed by atoms with E-state index in [-0.39, 0.29) is 11.9 Å². The molecule has 3 rings (SSSR count). The molecule has 0 aromatic heterocycles. The molecule has 0 radical (unpaired) electrons. The Morgan fingerprint density at radius 2 is 1.70 bits per heavy atom. The highest BCUT2D eigenvalue weighted by atomic mass is 16.5. The number of carbonyl (C=O) groups is 1. The molecule has 0 saturated heterocycles. The number of carbonyl (C=O) groups excluding carboxylic acids is 1. The van der Waals surface area contributed by atoms with Crippen LogP contribution in [0.4, 0.5) is 0 Å². The number of benzene rings is 2. The first-order chi connectivity index (χ1) is 9.79. The van der Waals surface area contributed by atoms with E-state index in [2.05, 4.69) is 36.4 Å². The predicted molar refractivity (Wildman–Crippen MR) is 79.4 cm³/mol. The average molecular weight is 266 g/mol. The second-order valence-electron chi connectivity index (χ2n) is 5.19. The molecule has 1 saturated carbocycles. The smallest absolute Gasteiger partial charge is 0.309 e. The summed E-state index contributed by atoms with van der Waals surface area (Å²) in [5, 5.41) is 0. The van der Waals surface area contributed by atoms with Crippen molar-refractivity contribution in [2.24, 2.45) is 5.92 Å². The van der Waals surface area contributed by atoms with Gasteiger partial charge in [-0.15, -0.1) is 0 Å². The molecule has 102 valence electrons. The topological polar surface area (TPSA) is 26.3 Å². The van der Waals surface area contributed by atoms with Crippen LogP contribution in [-0.2, 0) is 9.53 Å². The summed E-state index contributed by atoms with van der Waals surface area (Å²) >= 11 is 0. The van der Waals surface area contributed by atoms with E-state index in [1.807, 2.05) is 25.1 Å². The Hall–Kier alpha value is -2.09. The molecule has 2 aromatic carbocycles. The van der Waals surface area contributed by atoms with Crippen molar-refractivity contribution in [3.05, 3.63) is 60.2 Å². The van der Waals surface area contributed by atoms with Gasteiger partial charge in [-0.3, -0.25) is 4.79 Å². The van der Waals surface area contributed by atoms with Gasteiger partial charge in [0, 0.05) is 0 Å². The van der Waals surface area contributed by atoms with E-state index in [9.17, 15) is 4.79 Å². The molecule has 1 aliphatic carbocycles. The fourth-order valence-corrected chi connectivity index (χ4v) is 2.63. The van der Waals surface area contributed by atoms with Crippen LogP contribution in [-0.4, -0.2) is 12.6 Å². The van der Waals surface area contributed by atoms with E-state index in [4.69, 9.17) is 4.74 Å².